The average molecular weight is 373 g/mol. The number of aliphatic imine (C=N–C) groups is 1. The van der Waals surface area contributed by atoms with Crippen LogP contribution in [0, 0.1) is 20.2 Å². The highest BCUT2D eigenvalue weighted by molar-refractivity contribution is 6.33. The van der Waals surface area contributed by atoms with Gasteiger partial charge in [-0.15, -0.1) is 0 Å². The van der Waals surface area contributed by atoms with Crippen molar-refractivity contribution in [1.29, 1.82) is 0 Å². The van der Waals surface area contributed by atoms with E-state index in [1.807, 2.05) is 0 Å². The maximum absolute atomic E-state index is 12.1. The van der Waals surface area contributed by atoms with E-state index in [1.165, 1.54) is 42.5 Å². The summed E-state index contributed by atoms with van der Waals surface area (Å²) in [6.07, 6.45) is 1.39. The number of benzene rings is 2. The fourth-order valence-electron chi connectivity index (χ4n) is 2.29. The molecule has 0 aromatic heterocycles. The summed E-state index contributed by atoms with van der Waals surface area (Å²) in [6.45, 7) is 0. The summed E-state index contributed by atoms with van der Waals surface area (Å²) in [7, 11) is 0. The number of carbonyl (C=O) groups excluding carboxylic acids is 1. The number of carbonyl (C=O) groups is 1. The zero-order valence-electron chi connectivity index (χ0n) is 12.9. The summed E-state index contributed by atoms with van der Waals surface area (Å²) in [4.78, 5) is 36.8. The molecule has 3 rings (SSSR count). The van der Waals surface area contributed by atoms with Gasteiger partial charge >= 0.3 is 0 Å². The smallest absolute Gasteiger partial charge is 0.288 e. The number of amides is 1. The van der Waals surface area contributed by atoms with Crippen molar-refractivity contribution in [3.8, 4) is 0 Å². The van der Waals surface area contributed by atoms with Gasteiger partial charge in [-0.25, -0.2) is 4.99 Å². The predicted octanol–water partition coefficient (Wildman–Crippen LogP) is 3.07. The number of hydrogen-bond donors (Lipinski definition) is 1. The molecule has 0 spiro atoms. The third-order valence-electron chi connectivity index (χ3n) is 3.50. The third kappa shape index (κ3) is 3.42. The Labute approximate surface area is 150 Å². The number of amidine groups is 1. The van der Waals surface area contributed by atoms with E-state index in [0.717, 1.165) is 0 Å². The van der Waals surface area contributed by atoms with E-state index >= 15 is 0 Å². The first-order chi connectivity index (χ1) is 12.3. The molecule has 0 fully saturated rings. The highest BCUT2D eigenvalue weighted by Gasteiger charge is 2.23. The standard InChI is InChI=1S/C16H9ClN4O5/c17-12-5-4-10(8-14(12)21(25)26)15-18-13(16(22)19-15)7-9-2-1-3-11(6-9)20(23)24/h1-8H,(H,18,19,22). The normalized spacial score (nSPS) is 14.9. The van der Waals surface area contributed by atoms with Gasteiger partial charge in [-0.3, -0.25) is 25.0 Å². The van der Waals surface area contributed by atoms with Crippen LogP contribution < -0.4 is 5.32 Å². The van der Waals surface area contributed by atoms with Crippen molar-refractivity contribution in [3.63, 3.8) is 0 Å². The lowest BCUT2D eigenvalue weighted by atomic mass is 10.1. The Balaban J connectivity index is 1.97. The molecule has 1 N–H and O–H groups in total. The number of nitro groups is 2. The fourth-order valence-corrected chi connectivity index (χ4v) is 2.48. The van der Waals surface area contributed by atoms with Crippen molar-refractivity contribution in [2.45, 2.75) is 0 Å². The van der Waals surface area contributed by atoms with Gasteiger partial charge in [-0.2, -0.15) is 0 Å². The molecule has 130 valence electrons. The lowest BCUT2D eigenvalue weighted by Gasteiger charge is -2.01. The topological polar surface area (TPSA) is 128 Å². The molecule has 2 aromatic carbocycles. The first-order valence-corrected chi connectivity index (χ1v) is 7.53. The first kappa shape index (κ1) is 17.2. The summed E-state index contributed by atoms with van der Waals surface area (Å²) < 4.78 is 0. The molecule has 0 saturated carbocycles. The van der Waals surface area contributed by atoms with E-state index in [-0.39, 0.29) is 27.9 Å². The summed E-state index contributed by atoms with van der Waals surface area (Å²) in [5, 5.41) is 24.3. The maximum Gasteiger partial charge on any atom is 0.288 e. The number of rotatable bonds is 4. The second-order valence-corrected chi connectivity index (χ2v) is 5.63. The van der Waals surface area contributed by atoms with Crippen LogP contribution in [0.3, 0.4) is 0 Å². The summed E-state index contributed by atoms with van der Waals surface area (Å²) in [5.41, 5.74) is 0.346. The van der Waals surface area contributed by atoms with Gasteiger partial charge in [0.2, 0.25) is 0 Å². The van der Waals surface area contributed by atoms with E-state index < -0.39 is 15.8 Å². The van der Waals surface area contributed by atoms with Gasteiger partial charge in [0.25, 0.3) is 17.3 Å². The predicted molar refractivity (Wildman–Crippen MR) is 93.9 cm³/mol. The molecular formula is C16H9ClN4O5. The Morgan fingerprint density at radius 1 is 1.08 bits per heavy atom. The Bertz CT molecular complexity index is 1020. The van der Waals surface area contributed by atoms with Crippen molar-refractivity contribution in [1.82, 2.24) is 5.32 Å². The van der Waals surface area contributed by atoms with Gasteiger partial charge in [-0.1, -0.05) is 23.7 Å². The Kier molecular flexibility index (Phi) is 4.46. The van der Waals surface area contributed by atoms with Crippen molar-refractivity contribution in [2.75, 3.05) is 0 Å². The monoisotopic (exact) mass is 372 g/mol. The average Bonchev–Trinajstić information content (AvgIpc) is 2.96. The molecule has 0 atom stereocenters. The second-order valence-electron chi connectivity index (χ2n) is 5.22. The molecule has 9 nitrogen and oxygen atoms in total. The van der Waals surface area contributed by atoms with Gasteiger partial charge in [0.05, 0.1) is 9.85 Å². The highest BCUT2D eigenvalue weighted by atomic mass is 35.5. The lowest BCUT2D eigenvalue weighted by molar-refractivity contribution is -0.385. The fraction of sp³-hybridized carbons (Fsp3) is 0. The largest absolute Gasteiger partial charge is 0.305 e. The van der Waals surface area contributed by atoms with Gasteiger partial charge in [0, 0.05) is 23.8 Å². The van der Waals surface area contributed by atoms with Crippen molar-refractivity contribution in [2.24, 2.45) is 4.99 Å². The maximum atomic E-state index is 12.1. The summed E-state index contributed by atoms with van der Waals surface area (Å²) >= 11 is 5.77. The molecule has 2 aromatic rings. The summed E-state index contributed by atoms with van der Waals surface area (Å²) in [6, 6.07) is 9.76. The molecule has 1 heterocycles. The Morgan fingerprint density at radius 3 is 2.54 bits per heavy atom. The molecule has 0 saturated heterocycles. The SMILES string of the molecule is O=C1NC(c2ccc(Cl)c([N+](=O)[O-])c2)=NC1=Cc1cccc([N+](=O)[O-])c1. The molecule has 10 heteroatoms. The Hall–Kier alpha value is -3.59. The zero-order valence-corrected chi connectivity index (χ0v) is 13.6. The van der Waals surface area contributed by atoms with Crippen LogP contribution in [0.15, 0.2) is 53.2 Å². The minimum absolute atomic E-state index is 0.0260. The van der Waals surface area contributed by atoms with Crippen LogP contribution in [-0.2, 0) is 4.79 Å². The molecule has 1 aliphatic rings. The van der Waals surface area contributed by atoms with Crippen molar-refractivity contribution >= 4 is 40.8 Å². The molecule has 1 amide bonds. The quantitative estimate of drug-likeness (QED) is 0.501. The van der Waals surface area contributed by atoms with Crippen LogP contribution in [0.4, 0.5) is 11.4 Å². The van der Waals surface area contributed by atoms with E-state index in [1.54, 1.807) is 6.07 Å². The van der Waals surface area contributed by atoms with Crippen LogP contribution in [0.1, 0.15) is 11.1 Å². The minimum atomic E-state index is -0.636. The van der Waals surface area contributed by atoms with E-state index in [2.05, 4.69) is 10.3 Å². The van der Waals surface area contributed by atoms with Crippen molar-refractivity contribution < 1.29 is 14.6 Å². The minimum Gasteiger partial charge on any atom is -0.305 e. The molecule has 0 unspecified atom stereocenters. The van der Waals surface area contributed by atoms with Crippen molar-refractivity contribution in [3.05, 3.63) is 84.5 Å². The van der Waals surface area contributed by atoms with Crippen LogP contribution in [-0.4, -0.2) is 21.6 Å². The molecule has 0 bridgehead atoms. The molecule has 0 radical (unpaired) electrons. The Morgan fingerprint density at radius 2 is 1.85 bits per heavy atom. The van der Waals surface area contributed by atoms with Crippen LogP contribution in [0.2, 0.25) is 5.02 Å². The number of halogens is 1. The summed E-state index contributed by atoms with van der Waals surface area (Å²) in [5.74, 6) is -0.393. The third-order valence-corrected chi connectivity index (χ3v) is 3.82. The van der Waals surface area contributed by atoms with E-state index in [4.69, 9.17) is 11.6 Å². The van der Waals surface area contributed by atoms with Gasteiger partial charge in [-0.05, 0) is 23.8 Å². The highest BCUT2D eigenvalue weighted by Crippen LogP contribution is 2.26. The number of non-ortho nitro benzene ring substituents is 1. The zero-order chi connectivity index (χ0) is 18.8. The first-order valence-electron chi connectivity index (χ1n) is 7.15. The lowest BCUT2D eigenvalue weighted by Crippen LogP contribution is -2.24. The van der Waals surface area contributed by atoms with E-state index in [0.29, 0.717) is 11.1 Å². The van der Waals surface area contributed by atoms with Crippen LogP contribution in [0.5, 0.6) is 0 Å². The molecule has 26 heavy (non-hydrogen) atoms. The number of nitrogens with zero attached hydrogens (tertiary/aromatic N) is 3. The van der Waals surface area contributed by atoms with E-state index in [9.17, 15) is 25.0 Å². The second kappa shape index (κ2) is 6.73. The van der Waals surface area contributed by atoms with Gasteiger partial charge < -0.3 is 5.32 Å². The number of nitro benzene ring substituents is 2. The molecule has 1 aliphatic heterocycles. The molecular weight excluding hydrogens is 364 g/mol. The number of nitrogens with one attached hydrogen (secondary N) is 1. The number of hydrogen-bond acceptors (Lipinski definition) is 6. The van der Waals surface area contributed by atoms with Gasteiger partial charge in [0.1, 0.15) is 16.6 Å². The van der Waals surface area contributed by atoms with Crippen LogP contribution in [0.25, 0.3) is 6.08 Å². The molecule has 0 aliphatic carbocycles. The van der Waals surface area contributed by atoms with Crippen LogP contribution >= 0.6 is 11.6 Å². The van der Waals surface area contributed by atoms with Gasteiger partial charge in [0.15, 0.2) is 0 Å².